The predicted molar refractivity (Wildman–Crippen MR) is 227 cm³/mol. The van der Waals surface area contributed by atoms with Crippen molar-refractivity contribution < 1.29 is 4.42 Å². The van der Waals surface area contributed by atoms with Gasteiger partial charge in [-0.1, -0.05) is 146 Å². The van der Waals surface area contributed by atoms with E-state index in [4.69, 9.17) is 4.42 Å². The molecule has 0 saturated heterocycles. The maximum absolute atomic E-state index is 6.68. The van der Waals surface area contributed by atoms with Gasteiger partial charge in [-0.3, -0.25) is 0 Å². The maximum Gasteiger partial charge on any atom is 0.143 e. The Hall–Kier alpha value is -6.68. The molecule has 9 aromatic carbocycles. The van der Waals surface area contributed by atoms with E-state index in [1.54, 1.807) is 0 Å². The number of anilines is 3. The zero-order chi connectivity index (χ0) is 34.9. The molecule has 0 saturated carbocycles. The zero-order valence-corrected chi connectivity index (χ0v) is 29.5. The number of nitrogens with zero attached hydrogens (tertiary/aromatic N) is 1. The molecule has 0 N–H and O–H groups in total. The minimum Gasteiger partial charge on any atom is -0.455 e. The minimum absolute atomic E-state index is 0.889. The molecule has 0 aliphatic heterocycles. The molecular formula is C50H31NOS. The summed E-state index contributed by atoms with van der Waals surface area (Å²) in [5.74, 6) is 0. The smallest absolute Gasteiger partial charge is 0.143 e. The molecule has 0 bridgehead atoms. The molecule has 0 radical (unpaired) electrons. The van der Waals surface area contributed by atoms with Crippen LogP contribution in [0, 0.1) is 0 Å². The van der Waals surface area contributed by atoms with Gasteiger partial charge in [0, 0.05) is 42.9 Å². The molecule has 0 unspecified atom stereocenters. The van der Waals surface area contributed by atoms with Crippen molar-refractivity contribution in [3.8, 4) is 22.3 Å². The lowest BCUT2D eigenvalue weighted by atomic mass is 9.95. The second-order valence-corrected chi connectivity index (χ2v) is 14.7. The Morgan fingerprint density at radius 1 is 0.415 bits per heavy atom. The largest absolute Gasteiger partial charge is 0.455 e. The van der Waals surface area contributed by atoms with Gasteiger partial charge in [0.05, 0.1) is 16.1 Å². The third kappa shape index (κ3) is 4.71. The topological polar surface area (TPSA) is 16.4 Å². The number of hydrogen-bond donors (Lipinski definition) is 0. The first-order valence-electron chi connectivity index (χ1n) is 18.0. The van der Waals surface area contributed by atoms with Crippen LogP contribution in [0.25, 0.3) is 85.9 Å². The van der Waals surface area contributed by atoms with E-state index in [2.05, 4.69) is 193 Å². The van der Waals surface area contributed by atoms with Gasteiger partial charge in [0.2, 0.25) is 0 Å². The fraction of sp³-hybridized carbons (Fsp3) is 0. The Labute approximate surface area is 310 Å². The van der Waals surface area contributed by atoms with E-state index in [0.717, 1.165) is 55.5 Å². The third-order valence-electron chi connectivity index (χ3n) is 10.7. The van der Waals surface area contributed by atoms with Gasteiger partial charge in [0.15, 0.2) is 0 Å². The van der Waals surface area contributed by atoms with Crippen LogP contribution in [-0.4, -0.2) is 0 Å². The number of thiophene rings is 1. The molecule has 3 heteroatoms. The monoisotopic (exact) mass is 693 g/mol. The molecule has 0 spiro atoms. The molecule has 11 rings (SSSR count). The molecule has 0 atom stereocenters. The van der Waals surface area contributed by atoms with Crippen LogP contribution in [-0.2, 0) is 0 Å². The lowest BCUT2D eigenvalue weighted by Gasteiger charge is -2.29. The van der Waals surface area contributed by atoms with Crippen molar-refractivity contribution in [2.75, 3.05) is 4.90 Å². The maximum atomic E-state index is 6.68. The molecule has 2 nitrogen and oxygen atoms in total. The summed E-state index contributed by atoms with van der Waals surface area (Å²) >= 11 is 1.86. The summed E-state index contributed by atoms with van der Waals surface area (Å²) in [6.07, 6.45) is 0. The SMILES string of the molecule is c1cc(-c2cccc3ccccc23)cc(N(c2ccccc2-c2cccc3oc4c5ccccc5ccc4c23)c2cccc3c2sc2ccccc23)c1. The van der Waals surface area contributed by atoms with Crippen LogP contribution >= 0.6 is 11.3 Å². The summed E-state index contributed by atoms with van der Waals surface area (Å²) in [5, 5.41) is 9.60. The van der Waals surface area contributed by atoms with Gasteiger partial charge in [-0.2, -0.15) is 0 Å². The molecule has 0 aliphatic rings. The Morgan fingerprint density at radius 2 is 1.06 bits per heavy atom. The summed E-state index contributed by atoms with van der Waals surface area (Å²) in [6.45, 7) is 0. The highest BCUT2D eigenvalue weighted by Crippen LogP contribution is 2.49. The van der Waals surface area contributed by atoms with E-state index >= 15 is 0 Å². The number of para-hydroxylation sites is 1. The summed E-state index contributed by atoms with van der Waals surface area (Å²) in [5.41, 5.74) is 9.87. The van der Waals surface area contributed by atoms with Gasteiger partial charge in [0.1, 0.15) is 11.2 Å². The van der Waals surface area contributed by atoms with Crippen molar-refractivity contribution in [2.45, 2.75) is 0 Å². The van der Waals surface area contributed by atoms with Gasteiger partial charge in [0.25, 0.3) is 0 Å². The van der Waals surface area contributed by atoms with E-state index in [1.807, 2.05) is 11.3 Å². The van der Waals surface area contributed by atoms with Gasteiger partial charge in [-0.25, -0.2) is 0 Å². The quantitative estimate of drug-likeness (QED) is 0.178. The van der Waals surface area contributed by atoms with Crippen LogP contribution in [0.2, 0.25) is 0 Å². The van der Waals surface area contributed by atoms with Crippen LogP contribution < -0.4 is 4.90 Å². The van der Waals surface area contributed by atoms with Crippen LogP contribution in [0.15, 0.2) is 192 Å². The second kappa shape index (κ2) is 11.9. The van der Waals surface area contributed by atoms with E-state index in [0.29, 0.717) is 0 Å². The highest BCUT2D eigenvalue weighted by Gasteiger charge is 2.23. The first kappa shape index (κ1) is 30.0. The lowest BCUT2D eigenvalue weighted by Crippen LogP contribution is -2.11. The third-order valence-corrected chi connectivity index (χ3v) is 11.9. The van der Waals surface area contributed by atoms with E-state index < -0.39 is 0 Å². The average molecular weight is 694 g/mol. The van der Waals surface area contributed by atoms with Crippen molar-refractivity contribution in [3.05, 3.63) is 188 Å². The molecule has 2 heterocycles. The summed E-state index contributed by atoms with van der Waals surface area (Å²) in [4.78, 5) is 2.47. The number of furan rings is 1. The Morgan fingerprint density at radius 3 is 1.98 bits per heavy atom. The van der Waals surface area contributed by atoms with Gasteiger partial charge in [-0.15, -0.1) is 11.3 Å². The normalized spacial score (nSPS) is 11.8. The van der Waals surface area contributed by atoms with E-state index in [-0.39, 0.29) is 0 Å². The van der Waals surface area contributed by atoms with E-state index in [1.165, 1.54) is 47.5 Å². The molecular weight excluding hydrogens is 663 g/mol. The second-order valence-electron chi connectivity index (χ2n) is 13.6. The highest BCUT2D eigenvalue weighted by atomic mass is 32.1. The van der Waals surface area contributed by atoms with Crippen molar-refractivity contribution in [2.24, 2.45) is 0 Å². The summed E-state index contributed by atoms with van der Waals surface area (Å²) < 4.78 is 9.22. The van der Waals surface area contributed by atoms with Crippen LogP contribution in [0.5, 0.6) is 0 Å². The Kier molecular flexibility index (Phi) is 6.76. The fourth-order valence-electron chi connectivity index (χ4n) is 8.28. The minimum atomic E-state index is 0.889. The number of rotatable bonds is 5. The predicted octanol–water partition coefficient (Wildman–Crippen LogP) is 15.1. The first-order valence-corrected chi connectivity index (χ1v) is 18.8. The van der Waals surface area contributed by atoms with Crippen LogP contribution in [0.1, 0.15) is 0 Å². The highest BCUT2D eigenvalue weighted by molar-refractivity contribution is 7.26. The van der Waals surface area contributed by atoms with Gasteiger partial charge < -0.3 is 9.32 Å². The fourth-order valence-corrected chi connectivity index (χ4v) is 9.49. The Balaban J connectivity index is 1.20. The molecule has 11 aromatic rings. The Bertz CT molecular complexity index is 3200. The summed E-state index contributed by atoms with van der Waals surface area (Å²) in [6, 6.07) is 68.0. The lowest BCUT2D eigenvalue weighted by molar-refractivity contribution is 0.673. The number of benzene rings is 9. The standard InChI is InChI=1S/C50H31NOS/c1-3-18-36-32(13-1)15-10-22-37(36)34-16-9-17-35(31-34)51(45-26-11-24-42-40-21-6-8-28-47(40)53-50(42)45)44-25-7-5-20-39(44)41-23-12-27-46-48(41)43-30-29-33-14-2-4-19-38(33)49(43)52-46/h1-31H. The van der Waals surface area contributed by atoms with Crippen molar-refractivity contribution in [3.63, 3.8) is 0 Å². The summed E-state index contributed by atoms with van der Waals surface area (Å²) in [7, 11) is 0. The molecule has 0 fully saturated rings. The molecule has 248 valence electrons. The average Bonchev–Trinajstić information content (AvgIpc) is 3.81. The van der Waals surface area contributed by atoms with Crippen molar-refractivity contribution in [1.29, 1.82) is 0 Å². The molecule has 53 heavy (non-hydrogen) atoms. The van der Waals surface area contributed by atoms with Crippen molar-refractivity contribution in [1.82, 2.24) is 0 Å². The van der Waals surface area contributed by atoms with Crippen LogP contribution in [0.3, 0.4) is 0 Å². The molecule has 0 amide bonds. The van der Waals surface area contributed by atoms with Crippen LogP contribution in [0.4, 0.5) is 17.1 Å². The first-order chi connectivity index (χ1) is 26.3. The van der Waals surface area contributed by atoms with Gasteiger partial charge >= 0.3 is 0 Å². The van der Waals surface area contributed by atoms with Gasteiger partial charge in [-0.05, 0) is 75.3 Å². The zero-order valence-electron chi connectivity index (χ0n) is 28.7. The van der Waals surface area contributed by atoms with Crippen molar-refractivity contribution >= 4 is 92.1 Å². The van der Waals surface area contributed by atoms with E-state index in [9.17, 15) is 0 Å². The number of hydrogen-bond acceptors (Lipinski definition) is 3. The molecule has 2 aromatic heterocycles. The number of fused-ring (bicyclic) bond motifs is 9. The molecule has 0 aliphatic carbocycles.